The zero-order chi connectivity index (χ0) is 14.7. The van der Waals surface area contributed by atoms with Gasteiger partial charge in [-0.3, -0.25) is 9.69 Å². The van der Waals surface area contributed by atoms with Crippen molar-refractivity contribution in [1.29, 1.82) is 0 Å². The molecule has 3 rings (SSSR count). The maximum atomic E-state index is 12.3. The Labute approximate surface area is 120 Å². The van der Waals surface area contributed by atoms with E-state index in [0.717, 1.165) is 9.80 Å². The number of benzene rings is 1. The number of sulfone groups is 1. The fourth-order valence-corrected chi connectivity index (χ4v) is 4.39. The Morgan fingerprint density at radius 1 is 1.30 bits per heavy atom. The fourth-order valence-electron chi connectivity index (χ4n) is 2.54. The van der Waals surface area contributed by atoms with Gasteiger partial charge in [0.15, 0.2) is 9.84 Å². The van der Waals surface area contributed by atoms with Crippen LogP contribution >= 0.6 is 11.6 Å². The van der Waals surface area contributed by atoms with Gasteiger partial charge in [-0.05, 0) is 30.7 Å². The van der Waals surface area contributed by atoms with E-state index >= 15 is 0 Å². The second-order valence-electron chi connectivity index (χ2n) is 4.91. The van der Waals surface area contributed by atoms with Gasteiger partial charge in [0.1, 0.15) is 11.9 Å². The van der Waals surface area contributed by atoms with Gasteiger partial charge in [-0.1, -0.05) is 11.6 Å². The van der Waals surface area contributed by atoms with Crippen molar-refractivity contribution < 1.29 is 18.0 Å². The summed E-state index contributed by atoms with van der Waals surface area (Å²) in [6, 6.07) is 3.33. The van der Waals surface area contributed by atoms with E-state index in [9.17, 15) is 18.0 Å². The first-order valence-corrected chi connectivity index (χ1v) is 8.11. The number of rotatable bonds is 1. The van der Waals surface area contributed by atoms with Crippen molar-refractivity contribution in [3.63, 3.8) is 0 Å². The molecule has 106 valence electrons. The lowest BCUT2D eigenvalue weighted by Gasteiger charge is -2.17. The van der Waals surface area contributed by atoms with Crippen molar-refractivity contribution in [1.82, 2.24) is 4.90 Å². The third kappa shape index (κ3) is 1.89. The summed E-state index contributed by atoms with van der Waals surface area (Å²) >= 11 is 5.85. The van der Waals surface area contributed by atoms with Crippen LogP contribution in [0.4, 0.5) is 10.5 Å². The fraction of sp³-hybridized carbons (Fsp3) is 0.333. The Hall–Kier alpha value is -1.60. The predicted molar refractivity (Wildman–Crippen MR) is 73.4 cm³/mol. The molecular weight excluding hydrogens is 304 g/mol. The van der Waals surface area contributed by atoms with Crippen LogP contribution in [0.3, 0.4) is 0 Å². The zero-order valence-electron chi connectivity index (χ0n) is 10.5. The summed E-state index contributed by atoms with van der Waals surface area (Å²) in [4.78, 5) is 26.7. The van der Waals surface area contributed by atoms with Gasteiger partial charge in [0.05, 0.1) is 11.4 Å². The summed E-state index contributed by atoms with van der Waals surface area (Å²) in [6.45, 7) is 1.74. The zero-order valence-corrected chi connectivity index (χ0v) is 12.1. The molecule has 0 bridgehead atoms. The van der Waals surface area contributed by atoms with Crippen LogP contribution in [0.5, 0.6) is 0 Å². The molecule has 1 atom stereocenters. The molecule has 2 fully saturated rings. The van der Waals surface area contributed by atoms with E-state index in [1.165, 1.54) is 0 Å². The lowest BCUT2D eigenvalue weighted by Crippen LogP contribution is -2.35. The van der Waals surface area contributed by atoms with E-state index in [0.29, 0.717) is 16.3 Å². The Morgan fingerprint density at radius 3 is 2.60 bits per heavy atom. The number of carbonyl (C=O) groups is 2. The molecular formula is C12H11ClN2O4S. The number of imide groups is 1. The molecule has 2 aliphatic heterocycles. The molecule has 0 aliphatic carbocycles. The first-order valence-electron chi connectivity index (χ1n) is 5.91. The molecule has 2 heterocycles. The molecule has 0 aromatic heterocycles. The molecule has 2 aliphatic rings. The summed E-state index contributed by atoms with van der Waals surface area (Å²) in [5.41, 5.74) is 1.12. The molecule has 0 radical (unpaired) electrons. The standard InChI is InChI=1S/C12H11ClN2O4S/c1-7-4-8(13)2-3-9(7)15-11(16)10-5-20(18,19)6-14(10)12(15)17/h2-4,10H,5-6H2,1H3. The lowest BCUT2D eigenvalue weighted by molar-refractivity contribution is -0.118. The van der Waals surface area contributed by atoms with Gasteiger partial charge in [-0.2, -0.15) is 0 Å². The number of anilines is 1. The van der Waals surface area contributed by atoms with Crippen LogP contribution in [0, 0.1) is 6.92 Å². The lowest BCUT2D eigenvalue weighted by atomic mass is 10.2. The van der Waals surface area contributed by atoms with Crippen molar-refractivity contribution in [3.05, 3.63) is 28.8 Å². The Balaban J connectivity index is 2.02. The van der Waals surface area contributed by atoms with Gasteiger partial charge in [-0.25, -0.2) is 18.1 Å². The number of amides is 3. The van der Waals surface area contributed by atoms with Crippen LogP contribution in [0.25, 0.3) is 0 Å². The van der Waals surface area contributed by atoms with Crippen LogP contribution in [-0.4, -0.2) is 42.9 Å². The maximum Gasteiger partial charge on any atom is 0.333 e. The monoisotopic (exact) mass is 314 g/mol. The smallest absolute Gasteiger partial charge is 0.296 e. The van der Waals surface area contributed by atoms with Crippen molar-refractivity contribution in [3.8, 4) is 0 Å². The number of halogens is 1. The number of urea groups is 1. The predicted octanol–water partition coefficient (Wildman–Crippen LogP) is 1.17. The first-order chi connectivity index (χ1) is 9.30. The van der Waals surface area contributed by atoms with Crippen LogP contribution in [0.2, 0.25) is 5.02 Å². The van der Waals surface area contributed by atoms with Gasteiger partial charge in [0, 0.05) is 5.02 Å². The van der Waals surface area contributed by atoms with E-state index < -0.39 is 33.7 Å². The van der Waals surface area contributed by atoms with Crippen molar-refractivity contribution in [2.75, 3.05) is 16.5 Å². The average molecular weight is 315 g/mol. The third-order valence-corrected chi connectivity index (χ3v) is 5.20. The first kappa shape index (κ1) is 13.4. The molecule has 0 spiro atoms. The number of aryl methyl sites for hydroxylation is 1. The summed E-state index contributed by atoms with van der Waals surface area (Å²) in [5.74, 6) is -1.20. The molecule has 20 heavy (non-hydrogen) atoms. The topological polar surface area (TPSA) is 74.8 Å². The van der Waals surface area contributed by atoms with Gasteiger partial charge in [0.2, 0.25) is 0 Å². The summed E-state index contributed by atoms with van der Waals surface area (Å²) < 4.78 is 23.0. The number of fused-ring (bicyclic) bond motifs is 1. The Bertz CT molecular complexity index is 701. The highest BCUT2D eigenvalue weighted by molar-refractivity contribution is 7.91. The highest BCUT2D eigenvalue weighted by Gasteiger charge is 2.53. The summed E-state index contributed by atoms with van der Waals surface area (Å²) in [5, 5.41) is 0.508. The van der Waals surface area contributed by atoms with Crippen molar-refractivity contribution in [2.24, 2.45) is 0 Å². The molecule has 1 unspecified atom stereocenters. The number of nitrogens with zero attached hydrogens (tertiary/aromatic N) is 2. The minimum atomic E-state index is -3.36. The van der Waals surface area contributed by atoms with Crippen LogP contribution in [-0.2, 0) is 14.6 Å². The second-order valence-corrected chi connectivity index (χ2v) is 7.43. The molecule has 1 aromatic rings. The van der Waals surface area contributed by atoms with E-state index in [2.05, 4.69) is 0 Å². The Kier molecular flexibility index (Phi) is 2.81. The van der Waals surface area contributed by atoms with Gasteiger partial charge >= 0.3 is 6.03 Å². The maximum absolute atomic E-state index is 12.3. The normalized spacial score (nSPS) is 24.4. The van der Waals surface area contributed by atoms with Gasteiger partial charge in [0.25, 0.3) is 5.91 Å². The van der Waals surface area contributed by atoms with E-state index in [4.69, 9.17) is 11.6 Å². The van der Waals surface area contributed by atoms with Gasteiger partial charge < -0.3 is 0 Å². The van der Waals surface area contributed by atoms with Crippen LogP contribution in [0.15, 0.2) is 18.2 Å². The summed E-state index contributed by atoms with van der Waals surface area (Å²) in [6.07, 6.45) is 0. The third-order valence-electron chi connectivity index (χ3n) is 3.47. The molecule has 6 nitrogen and oxygen atoms in total. The van der Waals surface area contributed by atoms with Crippen molar-refractivity contribution >= 4 is 39.1 Å². The molecule has 1 aromatic carbocycles. The molecule has 2 saturated heterocycles. The molecule has 0 N–H and O–H groups in total. The molecule has 0 saturated carbocycles. The minimum absolute atomic E-state index is 0.305. The van der Waals surface area contributed by atoms with Crippen molar-refractivity contribution in [2.45, 2.75) is 13.0 Å². The number of carbonyl (C=O) groups excluding carboxylic acids is 2. The highest BCUT2D eigenvalue weighted by atomic mass is 35.5. The number of hydrogen-bond donors (Lipinski definition) is 0. The highest BCUT2D eigenvalue weighted by Crippen LogP contribution is 2.32. The quantitative estimate of drug-likeness (QED) is 0.729. The Morgan fingerprint density at radius 2 is 2.00 bits per heavy atom. The minimum Gasteiger partial charge on any atom is -0.296 e. The molecule has 3 amide bonds. The van der Waals surface area contributed by atoms with E-state index in [-0.39, 0.29) is 5.75 Å². The summed E-state index contributed by atoms with van der Waals surface area (Å²) in [7, 11) is -3.36. The van der Waals surface area contributed by atoms with Crippen LogP contribution < -0.4 is 4.90 Å². The van der Waals surface area contributed by atoms with E-state index in [1.807, 2.05) is 0 Å². The van der Waals surface area contributed by atoms with E-state index in [1.54, 1.807) is 25.1 Å². The average Bonchev–Trinajstić information content (AvgIpc) is 2.77. The molecule has 8 heteroatoms. The SMILES string of the molecule is Cc1cc(Cl)ccc1N1C(=O)C2CS(=O)(=O)CN2C1=O. The van der Waals surface area contributed by atoms with Gasteiger partial charge in [-0.15, -0.1) is 0 Å². The number of hydrogen-bond acceptors (Lipinski definition) is 4. The van der Waals surface area contributed by atoms with Crippen LogP contribution in [0.1, 0.15) is 5.56 Å². The second kappa shape index (κ2) is 4.20. The largest absolute Gasteiger partial charge is 0.333 e.